The summed E-state index contributed by atoms with van der Waals surface area (Å²) in [4.78, 5) is 25.8. The summed E-state index contributed by atoms with van der Waals surface area (Å²) in [5.74, 6) is -0.758. The summed E-state index contributed by atoms with van der Waals surface area (Å²) >= 11 is 0. The molecule has 0 saturated carbocycles. The van der Waals surface area contributed by atoms with E-state index in [-0.39, 0.29) is 36.4 Å². The van der Waals surface area contributed by atoms with Gasteiger partial charge in [0.1, 0.15) is 0 Å². The Morgan fingerprint density at radius 3 is 2.05 bits per heavy atom. The number of amides is 1. The van der Waals surface area contributed by atoms with Gasteiger partial charge in [-0.2, -0.15) is 0 Å². The molecule has 0 fully saturated rings. The van der Waals surface area contributed by atoms with Crippen LogP contribution in [0.5, 0.6) is 0 Å². The van der Waals surface area contributed by atoms with Gasteiger partial charge in [-0.05, 0) is 19.3 Å². The number of carbonyl (C=O) groups is 2. The summed E-state index contributed by atoms with van der Waals surface area (Å²) in [5.41, 5.74) is 0. The molecular formula is C15H29NO4. The second kappa shape index (κ2) is 9.75. The Kier molecular flexibility index (Phi) is 9.21. The molecule has 0 radical (unpaired) electrons. The van der Waals surface area contributed by atoms with E-state index >= 15 is 0 Å². The largest absolute Gasteiger partial charge is 0.469 e. The summed E-state index contributed by atoms with van der Waals surface area (Å²) in [5, 5.41) is 9.47. The summed E-state index contributed by atoms with van der Waals surface area (Å²) < 4.78 is 4.71. The molecule has 0 aliphatic carbocycles. The van der Waals surface area contributed by atoms with Crippen molar-refractivity contribution in [3.63, 3.8) is 0 Å². The fourth-order valence-corrected chi connectivity index (χ4v) is 2.31. The van der Waals surface area contributed by atoms with Gasteiger partial charge in [0.2, 0.25) is 5.91 Å². The molecule has 0 saturated heterocycles. The number of rotatable bonds is 9. The minimum atomic E-state index is -0.390. The average Bonchev–Trinajstić information content (AvgIpc) is 2.47. The fourth-order valence-electron chi connectivity index (χ4n) is 2.31. The van der Waals surface area contributed by atoms with Gasteiger partial charge in [0.25, 0.3) is 0 Å². The number of methoxy groups -OCH3 is 1. The zero-order chi connectivity index (χ0) is 15.7. The molecular weight excluding hydrogens is 258 g/mol. The molecule has 0 aliphatic heterocycles. The maximum atomic E-state index is 12.6. The van der Waals surface area contributed by atoms with Crippen LogP contribution in [0, 0.1) is 11.8 Å². The van der Waals surface area contributed by atoms with E-state index < -0.39 is 0 Å². The zero-order valence-corrected chi connectivity index (χ0v) is 13.4. The van der Waals surface area contributed by atoms with E-state index in [1.807, 2.05) is 20.8 Å². The Morgan fingerprint density at radius 1 is 1.15 bits per heavy atom. The molecule has 5 heteroatoms. The highest BCUT2D eigenvalue weighted by molar-refractivity contribution is 5.80. The van der Waals surface area contributed by atoms with Crippen LogP contribution in [0.4, 0.5) is 0 Å². The molecule has 0 aromatic heterocycles. The average molecular weight is 287 g/mol. The van der Waals surface area contributed by atoms with Gasteiger partial charge in [-0.15, -0.1) is 0 Å². The normalized spacial score (nSPS) is 13.9. The van der Waals surface area contributed by atoms with E-state index in [0.29, 0.717) is 13.0 Å². The monoisotopic (exact) mass is 287 g/mol. The number of esters is 1. The van der Waals surface area contributed by atoms with Crippen LogP contribution in [-0.2, 0) is 14.3 Å². The summed E-state index contributed by atoms with van der Waals surface area (Å²) in [6, 6.07) is -0.241. The highest BCUT2D eigenvalue weighted by Gasteiger charge is 2.29. The Labute approximate surface area is 122 Å². The van der Waals surface area contributed by atoms with Gasteiger partial charge in [-0.3, -0.25) is 9.59 Å². The lowest BCUT2D eigenvalue weighted by atomic mass is 9.99. The predicted molar refractivity (Wildman–Crippen MR) is 78.1 cm³/mol. The van der Waals surface area contributed by atoms with Gasteiger partial charge in [0, 0.05) is 12.5 Å². The van der Waals surface area contributed by atoms with E-state index in [2.05, 4.69) is 0 Å². The van der Waals surface area contributed by atoms with E-state index in [1.54, 1.807) is 11.8 Å². The molecule has 2 atom stereocenters. The number of hydrogen-bond donors (Lipinski definition) is 1. The fraction of sp³-hybridized carbons (Fsp3) is 0.867. The summed E-state index contributed by atoms with van der Waals surface area (Å²) in [6.45, 7) is 7.83. The van der Waals surface area contributed by atoms with Crippen LogP contribution in [-0.4, -0.2) is 48.2 Å². The molecule has 0 heterocycles. The molecule has 0 aromatic rings. The van der Waals surface area contributed by atoms with Gasteiger partial charge in [0.15, 0.2) is 0 Å². The molecule has 118 valence electrons. The van der Waals surface area contributed by atoms with E-state index in [4.69, 9.17) is 4.74 Å². The minimum absolute atomic E-state index is 0.0200. The van der Waals surface area contributed by atoms with Crippen molar-refractivity contribution < 1.29 is 19.4 Å². The second-order valence-corrected chi connectivity index (χ2v) is 5.17. The van der Waals surface area contributed by atoms with Crippen LogP contribution in [0.15, 0.2) is 0 Å². The van der Waals surface area contributed by atoms with Crippen LogP contribution < -0.4 is 0 Å². The lowest BCUT2D eigenvalue weighted by molar-refractivity contribution is -0.148. The maximum Gasteiger partial charge on any atom is 0.310 e. The van der Waals surface area contributed by atoms with Gasteiger partial charge >= 0.3 is 5.97 Å². The van der Waals surface area contributed by atoms with Gasteiger partial charge < -0.3 is 14.7 Å². The quantitative estimate of drug-likeness (QED) is 0.657. The molecule has 5 nitrogen and oxygen atoms in total. The Hall–Kier alpha value is -1.10. The summed E-state index contributed by atoms with van der Waals surface area (Å²) in [7, 11) is 1.34. The Bertz CT molecular complexity index is 298. The van der Waals surface area contributed by atoms with Crippen molar-refractivity contribution in [2.45, 2.75) is 53.0 Å². The van der Waals surface area contributed by atoms with Gasteiger partial charge in [-0.1, -0.05) is 27.7 Å². The molecule has 0 aliphatic rings. The van der Waals surface area contributed by atoms with Crippen molar-refractivity contribution in [3.05, 3.63) is 0 Å². The first-order chi connectivity index (χ1) is 9.46. The molecule has 1 amide bonds. The van der Waals surface area contributed by atoms with Crippen LogP contribution in [0.3, 0.4) is 0 Å². The van der Waals surface area contributed by atoms with Crippen LogP contribution in [0.2, 0.25) is 0 Å². The number of carbonyl (C=O) groups excluding carboxylic acids is 2. The van der Waals surface area contributed by atoms with E-state index in [1.165, 1.54) is 7.11 Å². The van der Waals surface area contributed by atoms with Crippen molar-refractivity contribution in [1.82, 2.24) is 4.90 Å². The van der Waals surface area contributed by atoms with Gasteiger partial charge in [-0.25, -0.2) is 0 Å². The minimum Gasteiger partial charge on any atom is -0.469 e. The molecule has 1 N–H and O–H groups in total. The topological polar surface area (TPSA) is 66.8 Å². The number of aliphatic hydroxyl groups is 1. The van der Waals surface area contributed by atoms with Crippen LogP contribution in [0.1, 0.15) is 47.0 Å². The number of nitrogens with zero attached hydrogens (tertiary/aromatic N) is 1. The third-order valence-electron chi connectivity index (χ3n) is 3.81. The van der Waals surface area contributed by atoms with Crippen molar-refractivity contribution in [2.24, 2.45) is 11.8 Å². The number of aliphatic hydroxyl groups excluding tert-OH is 1. The number of hydrogen-bond acceptors (Lipinski definition) is 4. The molecule has 2 unspecified atom stereocenters. The van der Waals surface area contributed by atoms with Gasteiger partial charge in [0.05, 0.1) is 25.7 Å². The van der Waals surface area contributed by atoms with Crippen molar-refractivity contribution in [3.8, 4) is 0 Å². The molecule has 0 bridgehead atoms. The highest BCUT2D eigenvalue weighted by Crippen LogP contribution is 2.18. The van der Waals surface area contributed by atoms with E-state index in [0.717, 1.165) is 12.8 Å². The lowest BCUT2D eigenvalue weighted by Crippen LogP contribution is -2.48. The standard InChI is InChI=1S/C15H29NO4/c1-6-12(7-2)14(18)16(13(8-3)10-17)9-11(4)15(19)20-5/h11-13,17H,6-10H2,1-5H3. The zero-order valence-electron chi connectivity index (χ0n) is 13.4. The predicted octanol–water partition coefficient (Wildman–Crippen LogP) is 1.83. The molecule has 0 spiro atoms. The first kappa shape index (κ1) is 18.9. The van der Waals surface area contributed by atoms with Crippen molar-refractivity contribution >= 4 is 11.9 Å². The Morgan fingerprint density at radius 2 is 1.70 bits per heavy atom. The SMILES string of the molecule is CCC(CC)C(=O)N(CC(C)C(=O)OC)C(CC)CO. The first-order valence-corrected chi connectivity index (χ1v) is 7.45. The molecule has 0 rings (SSSR count). The second-order valence-electron chi connectivity index (χ2n) is 5.17. The van der Waals surface area contributed by atoms with E-state index in [9.17, 15) is 14.7 Å². The Balaban J connectivity index is 5.07. The molecule has 0 aromatic carbocycles. The smallest absolute Gasteiger partial charge is 0.310 e. The third-order valence-corrected chi connectivity index (χ3v) is 3.81. The first-order valence-electron chi connectivity index (χ1n) is 7.45. The maximum absolute atomic E-state index is 12.6. The summed E-state index contributed by atoms with van der Waals surface area (Å²) in [6.07, 6.45) is 2.19. The van der Waals surface area contributed by atoms with Crippen molar-refractivity contribution in [1.29, 1.82) is 0 Å². The lowest BCUT2D eigenvalue weighted by Gasteiger charge is -2.34. The third kappa shape index (κ3) is 5.12. The van der Waals surface area contributed by atoms with Crippen LogP contribution in [0.25, 0.3) is 0 Å². The number of ether oxygens (including phenoxy) is 1. The van der Waals surface area contributed by atoms with Crippen molar-refractivity contribution in [2.75, 3.05) is 20.3 Å². The molecule has 20 heavy (non-hydrogen) atoms. The highest BCUT2D eigenvalue weighted by atomic mass is 16.5. The van der Waals surface area contributed by atoms with Crippen LogP contribution >= 0.6 is 0 Å².